The maximum absolute atomic E-state index is 12.3. The van der Waals surface area contributed by atoms with Gasteiger partial charge >= 0.3 is 5.97 Å². The van der Waals surface area contributed by atoms with Crippen LogP contribution in [-0.4, -0.2) is 62.0 Å². The molecule has 1 rings (SSSR count). The van der Waals surface area contributed by atoms with E-state index in [9.17, 15) is 18.0 Å². The fraction of sp³-hybridized carbons (Fsp3) is 0.529. The minimum atomic E-state index is -4.04. The molecular formula is C17H31NO7S. The van der Waals surface area contributed by atoms with Crippen molar-refractivity contribution in [1.82, 2.24) is 4.31 Å². The van der Waals surface area contributed by atoms with Crippen molar-refractivity contribution < 1.29 is 33.0 Å². The van der Waals surface area contributed by atoms with E-state index in [0.29, 0.717) is 10.1 Å². The number of rotatable bonds is 7. The van der Waals surface area contributed by atoms with Crippen molar-refractivity contribution in [3.05, 3.63) is 24.3 Å². The van der Waals surface area contributed by atoms with Crippen molar-refractivity contribution in [2.24, 2.45) is 0 Å². The molecule has 0 amide bonds. The highest BCUT2D eigenvalue weighted by molar-refractivity contribution is 7.89. The van der Waals surface area contributed by atoms with Gasteiger partial charge in [-0.1, -0.05) is 27.7 Å². The summed E-state index contributed by atoms with van der Waals surface area (Å²) in [6.45, 7) is 7.94. The number of aliphatic carboxylic acids is 1. The van der Waals surface area contributed by atoms with E-state index < -0.39 is 34.9 Å². The van der Waals surface area contributed by atoms with Gasteiger partial charge in [0.25, 0.3) is 0 Å². The Hall–Kier alpha value is -1.97. The van der Waals surface area contributed by atoms with Gasteiger partial charge in [-0.05, 0) is 31.2 Å². The first kappa shape index (κ1) is 28.8. The average Bonchev–Trinajstić information content (AvgIpc) is 2.65. The fourth-order valence-corrected chi connectivity index (χ4v) is 2.93. The van der Waals surface area contributed by atoms with E-state index >= 15 is 0 Å². The van der Waals surface area contributed by atoms with E-state index in [0.717, 1.165) is 7.11 Å². The molecule has 0 radical (unpaired) electrons. The quantitative estimate of drug-likeness (QED) is 0.727. The van der Waals surface area contributed by atoms with Gasteiger partial charge in [0.05, 0.1) is 18.6 Å². The lowest BCUT2D eigenvalue weighted by Gasteiger charge is -2.19. The maximum atomic E-state index is 12.3. The molecule has 152 valence electrons. The van der Waals surface area contributed by atoms with E-state index in [4.69, 9.17) is 14.9 Å². The average molecular weight is 394 g/mol. The van der Waals surface area contributed by atoms with Crippen LogP contribution in [0.2, 0.25) is 0 Å². The maximum Gasteiger partial charge on any atom is 0.318 e. The van der Waals surface area contributed by atoms with E-state index in [2.05, 4.69) is 0 Å². The van der Waals surface area contributed by atoms with Crippen LogP contribution >= 0.6 is 0 Å². The number of methoxy groups -OCH3 is 1. The number of benzene rings is 1. The highest BCUT2D eigenvalue weighted by atomic mass is 32.2. The molecule has 26 heavy (non-hydrogen) atoms. The Morgan fingerprint density at radius 1 is 1.00 bits per heavy atom. The zero-order valence-corrected chi connectivity index (χ0v) is 17.3. The first-order valence-electron chi connectivity index (χ1n) is 8.07. The SMILES string of the molecule is CC.CC.CO.COc1ccc(S(=O)(=O)N(CC(C)=O)CC(=O)O)cc1. The summed E-state index contributed by atoms with van der Waals surface area (Å²) in [4.78, 5) is 21.7. The third-order valence-corrected chi connectivity index (χ3v) is 4.21. The molecule has 2 N–H and O–H groups in total. The van der Waals surface area contributed by atoms with Crippen LogP contribution in [0.15, 0.2) is 29.2 Å². The number of carboxylic acid groups (broad SMARTS) is 1. The van der Waals surface area contributed by atoms with E-state index in [-0.39, 0.29) is 4.90 Å². The summed E-state index contributed by atoms with van der Waals surface area (Å²) in [6, 6.07) is 5.48. The molecule has 1 aromatic rings. The monoisotopic (exact) mass is 393 g/mol. The third kappa shape index (κ3) is 10.8. The zero-order valence-electron chi connectivity index (χ0n) is 16.5. The summed E-state index contributed by atoms with van der Waals surface area (Å²) < 4.78 is 30.1. The van der Waals surface area contributed by atoms with Gasteiger partial charge in [-0.2, -0.15) is 4.31 Å². The molecule has 0 bridgehead atoms. The van der Waals surface area contributed by atoms with Gasteiger partial charge in [-0.3, -0.25) is 9.59 Å². The Labute approximate surface area is 156 Å². The van der Waals surface area contributed by atoms with Crippen LogP contribution in [0.25, 0.3) is 0 Å². The number of aliphatic hydroxyl groups is 1. The van der Waals surface area contributed by atoms with Crippen molar-refractivity contribution in [3.63, 3.8) is 0 Å². The predicted molar refractivity (Wildman–Crippen MR) is 101 cm³/mol. The second-order valence-electron chi connectivity index (χ2n) is 4.04. The van der Waals surface area contributed by atoms with Gasteiger partial charge in [0.2, 0.25) is 10.0 Å². The van der Waals surface area contributed by atoms with E-state index in [1.807, 2.05) is 27.7 Å². The summed E-state index contributed by atoms with van der Waals surface area (Å²) in [7, 11) is -1.60. The Balaban J connectivity index is -0.000000795. The molecule has 0 fully saturated rings. The van der Waals surface area contributed by atoms with Crippen LogP contribution in [-0.2, 0) is 19.6 Å². The molecule has 8 nitrogen and oxygen atoms in total. The van der Waals surface area contributed by atoms with Crippen LogP contribution < -0.4 is 4.74 Å². The van der Waals surface area contributed by atoms with Crippen molar-refractivity contribution in [3.8, 4) is 5.75 Å². The molecule has 0 aliphatic heterocycles. The number of ether oxygens (including phenoxy) is 1. The van der Waals surface area contributed by atoms with Crippen LogP contribution in [0.5, 0.6) is 5.75 Å². The fourth-order valence-electron chi connectivity index (χ4n) is 1.52. The van der Waals surface area contributed by atoms with Crippen LogP contribution in [0.3, 0.4) is 0 Å². The smallest absolute Gasteiger partial charge is 0.318 e. The molecule has 0 aliphatic rings. The Morgan fingerprint density at radius 2 is 1.42 bits per heavy atom. The minimum Gasteiger partial charge on any atom is -0.497 e. The number of carbonyl (C=O) groups is 2. The lowest BCUT2D eigenvalue weighted by molar-refractivity contribution is -0.137. The summed E-state index contributed by atoms with van der Waals surface area (Å²) in [5.74, 6) is -1.30. The number of Topliss-reactive ketones (excluding diaryl/α,β-unsaturated/α-hetero) is 1. The van der Waals surface area contributed by atoms with Gasteiger partial charge < -0.3 is 14.9 Å². The number of hydrogen-bond donors (Lipinski definition) is 2. The third-order valence-electron chi connectivity index (χ3n) is 2.41. The first-order valence-corrected chi connectivity index (χ1v) is 9.51. The van der Waals surface area contributed by atoms with Crippen molar-refractivity contribution in [2.45, 2.75) is 39.5 Å². The Morgan fingerprint density at radius 3 is 1.73 bits per heavy atom. The first-order chi connectivity index (χ1) is 12.3. The topological polar surface area (TPSA) is 121 Å². The molecule has 9 heteroatoms. The molecule has 0 aliphatic carbocycles. The van der Waals surface area contributed by atoms with Gasteiger partial charge in [0, 0.05) is 7.11 Å². The van der Waals surface area contributed by atoms with E-state index in [1.165, 1.54) is 38.3 Å². The number of hydrogen-bond acceptors (Lipinski definition) is 6. The van der Waals surface area contributed by atoms with E-state index in [1.54, 1.807) is 0 Å². The zero-order chi connectivity index (χ0) is 21.3. The van der Waals surface area contributed by atoms with Crippen molar-refractivity contribution >= 4 is 21.8 Å². The molecular weight excluding hydrogens is 362 g/mol. The molecule has 0 unspecified atom stereocenters. The number of carboxylic acids is 1. The summed E-state index contributed by atoms with van der Waals surface area (Å²) in [6.07, 6.45) is 0. The highest BCUT2D eigenvalue weighted by Gasteiger charge is 2.27. The second-order valence-corrected chi connectivity index (χ2v) is 5.98. The van der Waals surface area contributed by atoms with Crippen molar-refractivity contribution in [1.29, 1.82) is 0 Å². The predicted octanol–water partition coefficient (Wildman–Crippen LogP) is 2.02. The summed E-state index contributed by atoms with van der Waals surface area (Å²) in [5.41, 5.74) is 0. The van der Waals surface area contributed by atoms with Crippen LogP contribution in [0.1, 0.15) is 34.6 Å². The number of sulfonamides is 1. The Bertz CT molecular complexity index is 582. The van der Waals surface area contributed by atoms with Gasteiger partial charge in [-0.15, -0.1) is 0 Å². The number of ketones is 1. The molecule has 1 aromatic carbocycles. The minimum absolute atomic E-state index is 0.0965. The second kappa shape index (κ2) is 16.5. The lowest BCUT2D eigenvalue weighted by Crippen LogP contribution is -2.38. The highest BCUT2D eigenvalue weighted by Crippen LogP contribution is 2.19. The van der Waals surface area contributed by atoms with Crippen molar-refractivity contribution in [2.75, 3.05) is 27.3 Å². The molecule has 0 saturated heterocycles. The standard InChI is InChI=1S/C12H15NO6S.2C2H6.CH4O/c1-9(14)7-13(8-12(15)16)20(17,18)11-5-3-10(19-2)4-6-11;3*1-2/h3-6H,7-8H2,1-2H3,(H,15,16);2*1-2H3;2H,1H3. The number of nitrogens with zero attached hydrogens (tertiary/aromatic N) is 1. The van der Waals surface area contributed by atoms with Crippen LogP contribution in [0.4, 0.5) is 0 Å². The van der Waals surface area contributed by atoms with Gasteiger partial charge in [-0.25, -0.2) is 8.42 Å². The molecule has 0 spiro atoms. The molecule has 0 heterocycles. The summed E-state index contributed by atoms with van der Waals surface area (Å²) in [5, 5.41) is 15.8. The normalized spacial score (nSPS) is 9.42. The molecule has 0 aromatic heterocycles. The molecule has 0 saturated carbocycles. The molecule has 0 atom stereocenters. The van der Waals surface area contributed by atoms with Gasteiger partial charge in [0.1, 0.15) is 18.1 Å². The Kier molecular flexibility index (Phi) is 18.3. The largest absolute Gasteiger partial charge is 0.497 e. The summed E-state index contributed by atoms with van der Waals surface area (Å²) >= 11 is 0. The lowest BCUT2D eigenvalue weighted by atomic mass is 10.3. The van der Waals surface area contributed by atoms with Crippen LogP contribution in [0, 0.1) is 0 Å². The number of carbonyl (C=O) groups excluding carboxylic acids is 1. The number of aliphatic hydroxyl groups excluding tert-OH is 1. The van der Waals surface area contributed by atoms with Gasteiger partial charge in [0.15, 0.2) is 0 Å².